The van der Waals surface area contributed by atoms with E-state index in [1.165, 1.54) is 4.70 Å². The molecule has 0 atom stereocenters. The van der Waals surface area contributed by atoms with Crippen LogP contribution in [0, 0.1) is 0 Å². The van der Waals surface area contributed by atoms with Crippen molar-refractivity contribution >= 4 is 21.6 Å². The molecule has 0 fully saturated rings. The minimum atomic E-state index is 0.476. The van der Waals surface area contributed by atoms with Gasteiger partial charge in [0.05, 0.1) is 22.5 Å². The molecule has 0 saturated carbocycles. The lowest BCUT2D eigenvalue weighted by molar-refractivity contribution is 0.570. The minimum Gasteiger partial charge on any atom is -0.309 e. The van der Waals surface area contributed by atoms with Gasteiger partial charge in [-0.15, -0.1) is 11.3 Å². The van der Waals surface area contributed by atoms with Crippen LogP contribution in [0.5, 0.6) is 0 Å². The number of nitrogens with one attached hydrogen (secondary N) is 1. The summed E-state index contributed by atoms with van der Waals surface area (Å²) in [6.45, 7) is 5.82. The third kappa shape index (κ3) is 3.05. The van der Waals surface area contributed by atoms with Crippen molar-refractivity contribution in [3.8, 4) is 0 Å². The van der Waals surface area contributed by atoms with Crippen LogP contribution in [0.25, 0.3) is 10.2 Å². The Morgan fingerprint density at radius 2 is 2.10 bits per heavy atom. The molecular weight excluding hydrogens is 268 g/mol. The highest BCUT2D eigenvalue weighted by atomic mass is 32.1. The Hall–Kier alpha value is -1.72. The maximum absolute atomic E-state index is 4.63. The number of rotatable bonds is 5. The Bertz CT molecular complexity index is 666. The zero-order chi connectivity index (χ0) is 13.9. The van der Waals surface area contributed by atoms with Crippen LogP contribution >= 0.6 is 11.3 Å². The standard InChI is InChI=1S/C15H18N4S/c1-11(2)16-9-12-7-8-19(18-12)10-15-17-13-5-3-4-6-14(13)20-15/h3-8,11,16H,9-10H2,1-2H3. The molecule has 1 aromatic carbocycles. The lowest BCUT2D eigenvalue weighted by Crippen LogP contribution is -2.22. The molecule has 2 heterocycles. The fraction of sp³-hybridized carbons (Fsp3) is 0.333. The Labute approximate surface area is 122 Å². The van der Waals surface area contributed by atoms with Crippen molar-refractivity contribution in [2.75, 3.05) is 0 Å². The maximum atomic E-state index is 4.63. The molecule has 0 spiro atoms. The van der Waals surface area contributed by atoms with Crippen molar-refractivity contribution in [1.82, 2.24) is 20.1 Å². The van der Waals surface area contributed by atoms with Crippen molar-refractivity contribution in [1.29, 1.82) is 0 Å². The SMILES string of the molecule is CC(C)NCc1ccn(Cc2nc3ccccc3s2)n1. The van der Waals surface area contributed by atoms with E-state index in [0.717, 1.165) is 29.3 Å². The first-order chi connectivity index (χ1) is 9.70. The largest absolute Gasteiger partial charge is 0.309 e. The Morgan fingerprint density at radius 3 is 2.90 bits per heavy atom. The number of hydrogen-bond acceptors (Lipinski definition) is 4. The number of para-hydroxylation sites is 1. The molecular formula is C15H18N4S. The maximum Gasteiger partial charge on any atom is 0.115 e. The smallest absolute Gasteiger partial charge is 0.115 e. The van der Waals surface area contributed by atoms with Crippen LogP contribution in [0.2, 0.25) is 0 Å². The predicted molar refractivity (Wildman–Crippen MR) is 82.9 cm³/mol. The molecule has 0 bridgehead atoms. The molecule has 0 amide bonds. The summed E-state index contributed by atoms with van der Waals surface area (Å²) in [5.41, 5.74) is 2.14. The van der Waals surface area contributed by atoms with Crippen molar-refractivity contribution in [2.24, 2.45) is 0 Å². The molecule has 104 valence electrons. The van der Waals surface area contributed by atoms with Gasteiger partial charge in [-0.2, -0.15) is 5.10 Å². The molecule has 0 radical (unpaired) electrons. The number of benzene rings is 1. The molecule has 0 aliphatic carbocycles. The van der Waals surface area contributed by atoms with Gasteiger partial charge in [-0.25, -0.2) is 4.98 Å². The van der Waals surface area contributed by atoms with E-state index >= 15 is 0 Å². The molecule has 20 heavy (non-hydrogen) atoms. The summed E-state index contributed by atoms with van der Waals surface area (Å²) in [5.74, 6) is 0. The van der Waals surface area contributed by atoms with Gasteiger partial charge in [-0.1, -0.05) is 26.0 Å². The van der Waals surface area contributed by atoms with E-state index in [0.29, 0.717) is 6.04 Å². The van der Waals surface area contributed by atoms with Gasteiger partial charge in [0.2, 0.25) is 0 Å². The van der Waals surface area contributed by atoms with Gasteiger partial charge in [-0.3, -0.25) is 4.68 Å². The zero-order valence-electron chi connectivity index (χ0n) is 11.7. The van der Waals surface area contributed by atoms with Gasteiger partial charge >= 0.3 is 0 Å². The summed E-state index contributed by atoms with van der Waals surface area (Å²) in [6.07, 6.45) is 2.02. The molecule has 4 nitrogen and oxygen atoms in total. The third-order valence-corrected chi connectivity index (χ3v) is 4.04. The molecule has 1 N–H and O–H groups in total. The van der Waals surface area contributed by atoms with Crippen molar-refractivity contribution in [3.63, 3.8) is 0 Å². The van der Waals surface area contributed by atoms with E-state index in [1.807, 2.05) is 23.0 Å². The number of thiazole rings is 1. The summed E-state index contributed by atoms with van der Waals surface area (Å²) < 4.78 is 3.19. The fourth-order valence-corrected chi connectivity index (χ4v) is 2.98. The van der Waals surface area contributed by atoms with E-state index in [2.05, 4.69) is 47.4 Å². The van der Waals surface area contributed by atoms with Crippen LogP contribution in [-0.4, -0.2) is 20.8 Å². The molecule has 0 unspecified atom stereocenters. The zero-order valence-corrected chi connectivity index (χ0v) is 12.5. The van der Waals surface area contributed by atoms with Crippen molar-refractivity contribution in [2.45, 2.75) is 33.0 Å². The van der Waals surface area contributed by atoms with Crippen LogP contribution in [0.3, 0.4) is 0 Å². The minimum absolute atomic E-state index is 0.476. The third-order valence-electron chi connectivity index (χ3n) is 3.02. The van der Waals surface area contributed by atoms with Gasteiger partial charge in [-0.05, 0) is 18.2 Å². The number of nitrogens with zero attached hydrogens (tertiary/aromatic N) is 3. The monoisotopic (exact) mass is 286 g/mol. The highest BCUT2D eigenvalue weighted by molar-refractivity contribution is 7.18. The predicted octanol–water partition coefficient (Wildman–Crippen LogP) is 3.04. The van der Waals surface area contributed by atoms with Crippen LogP contribution < -0.4 is 5.32 Å². The normalized spacial score (nSPS) is 11.6. The van der Waals surface area contributed by atoms with Gasteiger partial charge in [0.1, 0.15) is 5.01 Å². The summed E-state index contributed by atoms with van der Waals surface area (Å²) in [7, 11) is 0. The molecule has 0 saturated heterocycles. The highest BCUT2D eigenvalue weighted by Gasteiger charge is 2.05. The first-order valence-electron chi connectivity index (χ1n) is 6.81. The van der Waals surface area contributed by atoms with Crippen molar-refractivity contribution in [3.05, 3.63) is 47.2 Å². The van der Waals surface area contributed by atoms with E-state index in [1.54, 1.807) is 11.3 Å². The Balaban J connectivity index is 1.71. The summed E-state index contributed by atoms with van der Waals surface area (Å²) >= 11 is 1.73. The summed E-state index contributed by atoms with van der Waals surface area (Å²) in [5, 5.41) is 9.04. The van der Waals surface area contributed by atoms with Crippen LogP contribution in [-0.2, 0) is 13.1 Å². The molecule has 3 aromatic rings. The van der Waals surface area contributed by atoms with Crippen LogP contribution in [0.1, 0.15) is 24.5 Å². The Morgan fingerprint density at radius 1 is 1.25 bits per heavy atom. The second-order valence-corrected chi connectivity index (χ2v) is 6.23. The van der Waals surface area contributed by atoms with E-state index in [9.17, 15) is 0 Å². The molecule has 0 aliphatic heterocycles. The second-order valence-electron chi connectivity index (χ2n) is 5.12. The Kier molecular flexibility index (Phi) is 3.80. The first kappa shape index (κ1) is 13.3. The molecule has 5 heteroatoms. The van der Waals surface area contributed by atoms with E-state index in [-0.39, 0.29) is 0 Å². The lowest BCUT2D eigenvalue weighted by atomic mass is 10.3. The molecule has 0 aliphatic rings. The first-order valence-corrected chi connectivity index (χ1v) is 7.62. The van der Waals surface area contributed by atoms with Crippen LogP contribution in [0.15, 0.2) is 36.5 Å². The van der Waals surface area contributed by atoms with Gasteiger partial charge in [0, 0.05) is 18.8 Å². The van der Waals surface area contributed by atoms with Crippen LogP contribution in [0.4, 0.5) is 0 Å². The van der Waals surface area contributed by atoms with Crippen molar-refractivity contribution < 1.29 is 0 Å². The molecule has 2 aromatic heterocycles. The average Bonchev–Trinajstić information content (AvgIpc) is 3.02. The van der Waals surface area contributed by atoms with Gasteiger partial charge in [0.25, 0.3) is 0 Å². The number of aromatic nitrogens is 3. The topological polar surface area (TPSA) is 42.7 Å². The van der Waals surface area contributed by atoms with E-state index in [4.69, 9.17) is 0 Å². The summed E-state index contributed by atoms with van der Waals surface area (Å²) in [6, 6.07) is 10.8. The number of hydrogen-bond donors (Lipinski definition) is 1. The molecule has 3 rings (SSSR count). The average molecular weight is 286 g/mol. The van der Waals surface area contributed by atoms with Gasteiger partial charge in [0.15, 0.2) is 0 Å². The van der Waals surface area contributed by atoms with Gasteiger partial charge < -0.3 is 5.32 Å². The number of fused-ring (bicyclic) bond motifs is 1. The fourth-order valence-electron chi connectivity index (χ4n) is 2.02. The van der Waals surface area contributed by atoms with E-state index < -0.39 is 0 Å². The highest BCUT2D eigenvalue weighted by Crippen LogP contribution is 2.21. The quantitative estimate of drug-likeness (QED) is 0.784. The second kappa shape index (κ2) is 5.73. The summed E-state index contributed by atoms with van der Waals surface area (Å²) in [4.78, 5) is 4.63. The lowest BCUT2D eigenvalue weighted by Gasteiger charge is -2.04.